The summed E-state index contributed by atoms with van der Waals surface area (Å²) in [5.74, 6) is 0.973. The highest BCUT2D eigenvalue weighted by Crippen LogP contribution is 2.13. The van der Waals surface area contributed by atoms with Crippen LogP contribution in [0.25, 0.3) is 0 Å². The zero-order valence-corrected chi connectivity index (χ0v) is 10.6. The monoisotopic (exact) mass is 280 g/mol. The molecule has 0 amide bonds. The van der Waals surface area contributed by atoms with Crippen molar-refractivity contribution in [1.82, 2.24) is 14.5 Å². The van der Waals surface area contributed by atoms with E-state index in [0.29, 0.717) is 6.54 Å². The minimum atomic E-state index is 0.502. The fourth-order valence-corrected chi connectivity index (χ4v) is 2.03. The van der Waals surface area contributed by atoms with Gasteiger partial charge in [0.15, 0.2) is 0 Å². The van der Waals surface area contributed by atoms with Crippen LogP contribution < -0.4 is 5.73 Å². The Labute approximate surface area is 103 Å². The summed E-state index contributed by atoms with van der Waals surface area (Å²) in [6.07, 6.45) is 5.44. The molecule has 2 N–H and O–H groups in total. The summed E-state index contributed by atoms with van der Waals surface area (Å²) < 4.78 is 3.08. The molecule has 0 aliphatic heterocycles. The van der Waals surface area contributed by atoms with Gasteiger partial charge in [0.05, 0.1) is 12.2 Å². The number of pyridine rings is 1. The van der Waals surface area contributed by atoms with Crippen LogP contribution in [-0.2, 0) is 13.1 Å². The van der Waals surface area contributed by atoms with Crippen LogP contribution in [0, 0.1) is 6.92 Å². The third-order valence-electron chi connectivity index (χ3n) is 2.45. The Bertz CT molecular complexity index is 492. The van der Waals surface area contributed by atoms with E-state index in [1.54, 1.807) is 6.20 Å². The maximum atomic E-state index is 5.66. The smallest absolute Gasteiger partial charge is 0.106 e. The molecule has 0 fully saturated rings. The molecule has 0 saturated heterocycles. The number of hydrogen-bond acceptors (Lipinski definition) is 3. The van der Waals surface area contributed by atoms with Gasteiger partial charge in [0.25, 0.3) is 0 Å². The normalized spacial score (nSPS) is 10.7. The predicted octanol–water partition coefficient (Wildman–Crippen LogP) is 1.86. The van der Waals surface area contributed by atoms with E-state index in [1.807, 2.05) is 25.4 Å². The van der Waals surface area contributed by atoms with Crippen LogP contribution in [0.1, 0.15) is 17.1 Å². The van der Waals surface area contributed by atoms with Crippen LogP contribution in [0.15, 0.2) is 29.1 Å². The molecule has 0 atom stereocenters. The van der Waals surface area contributed by atoms with Gasteiger partial charge in [0.2, 0.25) is 0 Å². The van der Waals surface area contributed by atoms with Crippen molar-refractivity contribution < 1.29 is 0 Å². The van der Waals surface area contributed by atoms with E-state index in [9.17, 15) is 0 Å². The van der Waals surface area contributed by atoms with Crippen molar-refractivity contribution in [2.45, 2.75) is 20.0 Å². The second kappa shape index (κ2) is 4.76. The number of imidazole rings is 1. The van der Waals surface area contributed by atoms with Gasteiger partial charge in [0, 0.05) is 29.6 Å². The minimum Gasteiger partial charge on any atom is -0.327 e. The van der Waals surface area contributed by atoms with E-state index < -0.39 is 0 Å². The van der Waals surface area contributed by atoms with Crippen LogP contribution in [0.4, 0.5) is 0 Å². The van der Waals surface area contributed by atoms with Crippen molar-refractivity contribution in [3.63, 3.8) is 0 Å². The highest BCUT2D eigenvalue weighted by atomic mass is 79.9. The number of halogens is 1. The summed E-state index contributed by atoms with van der Waals surface area (Å²) >= 11 is 3.41. The van der Waals surface area contributed by atoms with Gasteiger partial charge in [0.1, 0.15) is 5.82 Å². The first kappa shape index (κ1) is 11.3. The summed E-state index contributed by atoms with van der Waals surface area (Å²) in [4.78, 5) is 8.39. The molecule has 0 aliphatic carbocycles. The first-order valence-electron chi connectivity index (χ1n) is 5.01. The average molecular weight is 281 g/mol. The maximum Gasteiger partial charge on any atom is 0.106 e. The van der Waals surface area contributed by atoms with Gasteiger partial charge < -0.3 is 10.3 Å². The first-order chi connectivity index (χ1) is 7.70. The van der Waals surface area contributed by atoms with Crippen molar-refractivity contribution in [3.05, 3.63) is 46.2 Å². The van der Waals surface area contributed by atoms with Crippen LogP contribution in [0.2, 0.25) is 0 Å². The summed E-state index contributed by atoms with van der Waals surface area (Å²) in [6.45, 7) is 3.23. The Kier molecular flexibility index (Phi) is 3.36. The lowest BCUT2D eigenvalue weighted by Gasteiger charge is -2.09. The molecule has 4 nitrogen and oxygen atoms in total. The molecule has 84 valence electrons. The van der Waals surface area contributed by atoms with Gasteiger partial charge in [-0.3, -0.25) is 4.98 Å². The maximum absolute atomic E-state index is 5.66. The number of aromatic nitrogens is 3. The molecule has 0 bridgehead atoms. The molecule has 2 heterocycles. The molecule has 2 aromatic heterocycles. The van der Waals surface area contributed by atoms with E-state index in [0.717, 1.165) is 28.1 Å². The number of nitrogens with two attached hydrogens (primary N) is 1. The van der Waals surface area contributed by atoms with Gasteiger partial charge in [-0.1, -0.05) is 0 Å². The summed E-state index contributed by atoms with van der Waals surface area (Å²) in [6, 6.07) is 2.05. The quantitative estimate of drug-likeness (QED) is 0.934. The Balaban J connectivity index is 2.29. The first-order valence-corrected chi connectivity index (χ1v) is 5.80. The van der Waals surface area contributed by atoms with Gasteiger partial charge in [-0.05, 0) is 34.5 Å². The van der Waals surface area contributed by atoms with Crippen molar-refractivity contribution >= 4 is 15.9 Å². The topological polar surface area (TPSA) is 56.7 Å². The fourth-order valence-electron chi connectivity index (χ4n) is 1.62. The number of nitrogens with zero attached hydrogens (tertiary/aromatic N) is 3. The lowest BCUT2D eigenvalue weighted by Crippen LogP contribution is -2.10. The average Bonchev–Trinajstić information content (AvgIpc) is 2.60. The molecule has 16 heavy (non-hydrogen) atoms. The molecular weight excluding hydrogens is 268 g/mol. The molecule has 0 unspecified atom stereocenters. The Morgan fingerprint density at radius 1 is 1.38 bits per heavy atom. The van der Waals surface area contributed by atoms with E-state index in [4.69, 9.17) is 5.73 Å². The highest BCUT2D eigenvalue weighted by molar-refractivity contribution is 9.10. The zero-order valence-electron chi connectivity index (χ0n) is 9.02. The molecule has 2 rings (SSSR count). The van der Waals surface area contributed by atoms with Crippen molar-refractivity contribution in [2.75, 3.05) is 0 Å². The van der Waals surface area contributed by atoms with E-state index in [-0.39, 0.29) is 0 Å². The molecule has 0 saturated carbocycles. The largest absolute Gasteiger partial charge is 0.327 e. The summed E-state index contributed by atoms with van der Waals surface area (Å²) in [5, 5.41) is 0. The third kappa shape index (κ3) is 2.31. The van der Waals surface area contributed by atoms with Crippen molar-refractivity contribution in [2.24, 2.45) is 5.73 Å². The molecule has 5 heteroatoms. The van der Waals surface area contributed by atoms with Gasteiger partial charge >= 0.3 is 0 Å². The number of rotatable bonds is 3. The van der Waals surface area contributed by atoms with Crippen LogP contribution in [-0.4, -0.2) is 14.5 Å². The molecule has 0 aromatic carbocycles. The van der Waals surface area contributed by atoms with Crippen molar-refractivity contribution in [3.8, 4) is 0 Å². The van der Waals surface area contributed by atoms with Gasteiger partial charge in [-0.2, -0.15) is 0 Å². The molecule has 0 radical (unpaired) electrons. The Hall–Kier alpha value is -1.20. The van der Waals surface area contributed by atoms with E-state index in [1.165, 1.54) is 0 Å². The second-order valence-electron chi connectivity index (χ2n) is 3.60. The van der Waals surface area contributed by atoms with Gasteiger partial charge in [-0.25, -0.2) is 4.98 Å². The fraction of sp³-hybridized carbons (Fsp3) is 0.273. The van der Waals surface area contributed by atoms with E-state index >= 15 is 0 Å². The molecule has 0 spiro atoms. The number of aryl methyl sites for hydroxylation is 1. The molecular formula is C11H13BrN4. The van der Waals surface area contributed by atoms with Crippen molar-refractivity contribution in [1.29, 1.82) is 0 Å². The standard InChI is InChI=1S/C11H13BrN4/c1-8-15-6-11(3-13)16(8)7-9-2-10(12)5-14-4-9/h2,4-6H,3,7,13H2,1H3. The SMILES string of the molecule is Cc1ncc(CN)n1Cc1cncc(Br)c1. The lowest BCUT2D eigenvalue weighted by atomic mass is 10.3. The van der Waals surface area contributed by atoms with Crippen LogP contribution >= 0.6 is 15.9 Å². The highest BCUT2D eigenvalue weighted by Gasteiger charge is 2.05. The molecule has 0 aliphatic rings. The lowest BCUT2D eigenvalue weighted by molar-refractivity contribution is 0.711. The summed E-state index contributed by atoms with van der Waals surface area (Å²) in [7, 11) is 0. The second-order valence-corrected chi connectivity index (χ2v) is 4.51. The van der Waals surface area contributed by atoms with Gasteiger partial charge in [-0.15, -0.1) is 0 Å². The van der Waals surface area contributed by atoms with Crippen LogP contribution in [0.5, 0.6) is 0 Å². The molecule has 2 aromatic rings. The minimum absolute atomic E-state index is 0.502. The Morgan fingerprint density at radius 2 is 2.19 bits per heavy atom. The predicted molar refractivity (Wildman–Crippen MR) is 65.9 cm³/mol. The number of hydrogen-bond donors (Lipinski definition) is 1. The third-order valence-corrected chi connectivity index (χ3v) is 2.88. The van der Waals surface area contributed by atoms with Crippen LogP contribution in [0.3, 0.4) is 0 Å². The summed E-state index contributed by atoms with van der Waals surface area (Å²) in [5.41, 5.74) is 7.83. The van der Waals surface area contributed by atoms with E-state index in [2.05, 4.69) is 30.5 Å². The Morgan fingerprint density at radius 3 is 2.88 bits per heavy atom. The zero-order chi connectivity index (χ0) is 11.5.